The molecule has 2 aromatic carbocycles. The highest BCUT2D eigenvalue weighted by Gasteiger charge is 2.14. The molecule has 0 aliphatic carbocycles. The SMILES string of the molecule is COc1ccc(C(=O)Nc2ccccc2C(=O)NCc2nc(C)cs2)cc1. The van der Waals surface area contributed by atoms with E-state index >= 15 is 0 Å². The highest BCUT2D eigenvalue weighted by atomic mass is 32.1. The average Bonchev–Trinajstić information content (AvgIpc) is 3.12. The average molecular weight is 381 g/mol. The zero-order valence-electron chi connectivity index (χ0n) is 15.0. The summed E-state index contributed by atoms with van der Waals surface area (Å²) in [6, 6.07) is 13.7. The number of nitrogens with zero attached hydrogens (tertiary/aromatic N) is 1. The van der Waals surface area contributed by atoms with Gasteiger partial charge in [-0.1, -0.05) is 12.1 Å². The normalized spacial score (nSPS) is 10.3. The lowest BCUT2D eigenvalue weighted by atomic mass is 10.1. The first-order valence-electron chi connectivity index (χ1n) is 8.30. The molecule has 2 N–H and O–H groups in total. The fraction of sp³-hybridized carbons (Fsp3) is 0.150. The number of amides is 2. The van der Waals surface area contributed by atoms with Crippen LogP contribution in [0.4, 0.5) is 5.69 Å². The molecule has 0 bridgehead atoms. The van der Waals surface area contributed by atoms with E-state index in [1.54, 1.807) is 55.6 Å². The molecule has 138 valence electrons. The zero-order valence-corrected chi connectivity index (χ0v) is 15.8. The quantitative estimate of drug-likeness (QED) is 0.683. The van der Waals surface area contributed by atoms with Crippen LogP contribution in [0.1, 0.15) is 31.4 Å². The molecule has 0 atom stereocenters. The minimum absolute atomic E-state index is 0.270. The van der Waals surface area contributed by atoms with Gasteiger partial charge in [-0.25, -0.2) is 4.98 Å². The highest BCUT2D eigenvalue weighted by molar-refractivity contribution is 7.09. The van der Waals surface area contributed by atoms with Crippen LogP contribution >= 0.6 is 11.3 Å². The number of thiazole rings is 1. The number of carbonyl (C=O) groups is 2. The van der Waals surface area contributed by atoms with Crippen LogP contribution in [-0.4, -0.2) is 23.9 Å². The molecule has 0 spiro atoms. The van der Waals surface area contributed by atoms with Crippen molar-refractivity contribution < 1.29 is 14.3 Å². The number of hydrogen-bond acceptors (Lipinski definition) is 5. The van der Waals surface area contributed by atoms with Crippen LogP contribution in [0.25, 0.3) is 0 Å². The Morgan fingerprint density at radius 2 is 1.81 bits per heavy atom. The van der Waals surface area contributed by atoms with E-state index in [4.69, 9.17) is 4.74 Å². The van der Waals surface area contributed by atoms with E-state index in [9.17, 15) is 9.59 Å². The van der Waals surface area contributed by atoms with Crippen molar-refractivity contribution in [2.24, 2.45) is 0 Å². The van der Waals surface area contributed by atoms with E-state index < -0.39 is 0 Å². The van der Waals surface area contributed by atoms with Gasteiger partial charge < -0.3 is 15.4 Å². The maximum Gasteiger partial charge on any atom is 0.255 e. The third-order valence-corrected chi connectivity index (χ3v) is 4.81. The van der Waals surface area contributed by atoms with Gasteiger partial charge in [0.25, 0.3) is 11.8 Å². The third-order valence-electron chi connectivity index (χ3n) is 3.84. The van der Waals surface area contributed by atoms with Crippen LogP contribution in [0, 0.1) is 6.92 Å². The van der Waals surface area contributed by atoms with Crippen molar-refractivity contribution in [3.05, 3.63) is 75.7 Å². The van der Waals surface area contributed by atoms with Gasteiger partial charge in [-0.3, -0.25) is 9.59 Å². The van der Waals surface area contributed by atoms with Crippen molar-refractivity contribution in [3.8, 4) is 5.75 Å². The van der Waals surface area contributed by atoms with Gasteiger partial charge in [-0.15, -0.1) is 11.3 Å². The Bertz CT molecular complexity index is 951. The molecule has 0 unspecified atom stereocenters. The first-order valence-corrected chi connectivity index (χ1v) is 9.18. The summed E-state index contributed by atoms with van der Waals surface area (Å²) in [7, 11) is 1.57. The van der Waals surface area contributed by atoms with Gasteiger partial charge >= 0.3 is 0 Å². The molecule has 3 aromatic rings. The highest BCUT2D eigenvalue weighted by Crippen LogP contribution is 2.18. The van der Waals surface area contributed by atoms with E-state index in [-0.39, 0.29) is 11.8 Å². The van der Waals surface area contributed by atoms with E-state index in [2.05, 4.69) is 15.6 Å². The number of aryl methyl sites for hydroxylation is 1. The van der Waals surface area contributed by atoms with Crippen molar-refractivity contribution in [2.45, 2.75) is 13.5 Å². The standard InChI is InChI=1S/C20H19N3O3S/c1-13-12-27-18(22-13)11-21-20(25)16-5-3-4-6-17(16)23-19(24)14-7-9-15(26-2)10-8-14/h3-10,12H,11H2,1-2H3,(H,21,25)(H,23,24). The monoisotopic (exact) mass is 381 g/mol. The predicted molar refractivity (Wildman–Crippen MR) is 105 cm³/mol. The molecule has 0 aliphatic rings. The number of anilines is 1. The topological polar surface area (TPSA) is 80.3 Å². The number of rotatable bonds is 6. The van der Waals surface area contributed by atoms with Crippen molar-refractivity contribution >= 4 is 28.8 Å². The summed E-state index contributed by atoms with van der Waals surface area (Å²) in [4.78, 5) is 29.3. The lowest BCUT2D eigenvalue weighted by Crippen LogP contribution is -2.24. The number of benzene rings is 2. The third kappa shape index (κ3) is 4.71. The fourth-order valence-corrected chi connectivity index (χ4v) is 3.17. The molecule has 2 amide bonds. The molecule has 7 heteroatoms. The van der Waals surface area contributed by atoms with Gasteiger partial charge in [0.15, 0.2) is 0 Å². The molecule has 0 radical (unpaired) electrons. The number of aromatic nitrogens is 1. The Balaban J connectivity index is 1.70. The number of ether oxygens (including phenoxy) is 1. The van der Waals surface area contributed by atoms with Crippen molar-refractivity contribution in [1.82, 2.24) is 10.3 Å². The van der Waals surface area contributed by atoms with Gasteiger partial charge in [0, 0.05) is 16.6 Å². The number of carbonyl (C=O) groups excluding carboxylic acids is 2. The largest absolute Gasteiger partial charge is 0.497 e. The van der Waals surface area contributed by atoms with Crippen LogP contribution in [0.5, 0.6) is 5.75 Å². The summed E-state index contributed by atoms with van der Waals surface area (Å²) in [5, 5.41) is 8.40. The first kappa shape index (κ1) is 18.6. The van der Waals surface area contributed by atoms with Crippen LogP contribution in [0.2, 0.25) is 0 Å². The van der Waals surface area contributed by atoms with Crippen molar-refractivity contribution in [1.29, 1.82) is 0 Å². The predicted octanol–water partition coefficient (Wildman–Crippen LogP) is 3.64. The maximum atomic E-state index is 12.5. The lowest BCUT2D eigenvalue weighted by molar-refractivity contribution is 0.0951. The summed E-state index contributed by atoms with van der Waals surface area (Å²) >= 11 is 1.50. The Hall–Kier alpha value is -3.19. The van der Waals surface area contributed by atoms with Gasteiger partial charge in [0.1, 0.15) is 10.8 Å². The number of para-hydroxylation sites is 1. The first-order chi connectivity index (χ1) is 13.1. The van der Waals surface area contributed by atoms with E-state index in [0.29, 0.717) is 29.1 Å². The number of methoxy groups -OCH3 is 1. The Morgan fingerprint density at radius 3 is 2.48 bits per heavy atom. The summed E-state index contributed by atoms with van der Waals surface area (Å²) in [6.07, 6.45) is 0. The summed E-state index contributed by atoms with van der Waals surface area (Å²) in [5.41, 5.74) is 2.25. The lowest BCUT2D eigenvalue weighted by Gasteiger charge is -2.11. The molecule has 0 aliphatic heterocycles. The number of nitrogens with one attached hydrogen (secondary N) is 2. The molecular weight excluding hydrogens is 362 g/mol. The second-order valence-electron chi connectivity index (χ2n) is 5.79. The van der Waals surface area contributed by atoms with Gasteiger partial charge in [0.2, 0.25) is 0 Å². The fourth-order valence-electron chi connectivity index (χ4n) is 2.46. The van der Waals surface area contributed by atoms with E-state index in [1.165, 1.54) is 11.3 Å². The number of hydrogen-bond donors (Lipinski definition) is 2. The van der Waals surface area contributed by atoms with Crippen LogP contribution < -0.4 is 15.4 Å². The molecule has 0 saturated carbocycles. The van der Waals surface area contributed by atoms with Crippen LogP contribution in [0.15, 0.2) is 53.9 Å². The smallest absolute Gasteiger partial charge is 0.255 e. The maximum absolute atomic E-state index is 12.5. The molecule has 1 heterocycles. The van der Waals surface area contributed by atoms with Gasteiger partial charge in [-0.2, -0.15) is 0 Å². The second kappa shape index (κ2) is 8.46. The molecule has 3 rings (SSSR count). The second-order valence-corrected chi connectivity index (χ2v) is 6.74. The molecule has 1 aromatic heterocycles. The van der Waals surface area contributed by atoms with Crippen LogP contribution in [-0.2, 0) is 6.54 Å². The minimum Gasteiger partial charge on any atom is -0.497 e. The molecule has 0 fully saturated rings. The summed E-state index contributed by atoms with van der Waals surface area (Å²) in [6.45, 7) is 2.25. The Morgan fingerprint density at radius 1 is 1.07 bits per heavy atom. The van der Waals surface area contributed by atoms with Crippen molar-refractivity contribution in [3.63, 3.8) is 0 Å². The van der Waals surface area contributed by atoms with E-state index in [0.717, 1.165) is 10.7 Å². The molecular formula is C20H19N3O3S. The Kier molecular flexibility index (Phi) is 5.83. The zero-order chi connectivity index (χ0) is 19.2. The molecule has 6 nitrogen and oxygen atoms in total. The van der Waals surface area contributed by atoms with Crippen LogP contribution in [0.3, 0.4) is 0 Å². The summed E-state index contributed by atoms with van der Waals surface area (Å²) < 4.78 is 5.09. The summed E-state index contributed by atoms with van der Waals surface area (Å²) in [5.74, 6) is 0.102. The van der Waals surface area contributed by atoms with E-state index in [1.807, 2.05) is 12.3 Å². The van der Waals surface area contributed by atoms with Gasteiger partial charge in [-0.05, 0) is 43.3 Å². The molecule has 27 heavy (non-hydrogen) atoms. The molecule has 0 saturated heterocycles. The van der Waals surface area contributed by atoms with Crippen molar-refractivity contribution in [2.75, 3.05) is 12.4 Å². The minimum atomic E-state index is -0.298. The van der Waals surface area contributed by atoms with Gasteiger partial charge in [0.05, 0.1) is 24.9 Å². The Labute approximate surface area is 161 Å².